The molecule has 3 rings (SSSR count). The molecule has 1 aliphatic rings. The highest BCUT2D eigenvalue weighted by Gasteiger charge is 2.21. The molecule has 0 spiro atoms. The first kappa shape index (κ1) is 15.4. The van der Waals surface area contributed by atoms with Crippen LogP contribution in [0.3, 0.4) is 0 Å². The van der Waals surface area contributed by atoms with E-state index in [1.807, 2.05) is 30.3 Å². The molecule has 4 heteroatoms. The first-order valence-electron chi connectivity index (χ1n) is 8.02. The zero-order valence-electron chi connectivity index (χ0n) is 13.3. The highest BCUT2D eigenvalue weighted by molar-refractivity contribution is 5.81. The van der Waals surface area contributed by atoms with Gasteiger partial charge in [0.1, 0.15) is 5.75 Å². The van der Waals surface area contributed by atoms with Gasteiger partial charge in [-0.3, -0.25) is 4.79 Å². The van der Waals surface area contributed by atoms with Gasteiger partial charge in [0.05, 0.1) is 25.4 Å². The Bertz CT molecular complexity index is 685. The van der Waals surface area contributed by atoms with Gasteiger partial charge >= 0.3 is 0 Å². The fraction of sp³-hybridized carbons (Fsp3) is 0.316. The van der Waals surface area contributed by atoms with E-state index >= 15 is 0 Å². The van der Waals surface area contributed by atoms with Crippen molar-refractivity contribution < 1.29 is 9.53 Å². The fourth-order valence-corrected chi connectivity index (χ4v) is 3.12. The van der Waals surface area contributed by atoms with Crippen LogP contribution in [0.1, 0.15) is 30.0 Å². The summed E-state index contributed by atoms with van der Waals surface area (Å²) in [5.41, 5.74) is 3.43. The Kier molecular flexibility index (Phi) is 4.81. The third-order valence-electron chi connectivity index (χ3n) is 4.25. The topological polar surface area (TPSA) is 50.4 Å². The summed E-state index contributed by atoms with van der Waals surface area (Å²) in [6.45, 7) is 0.235. The molecule has 1 aliphatic carbocycles. The minimum absolute atomic E-state index is 0.00221. The molecule has 2 aromatic rings. The van der Waals surface area contributed by atoms with Crippen molar-refractivity contribution in [3.05, 3.63) is 59.7 Å². The second-order valence-corrected chi connectivity index (χ2v) is 5.76. The molecule has 2 aromatic carbocycles. The number of carbonyl (C=O) groups excluding carboxylic acids is 1. The maximum atomic E-state index is 12.3. The van der Waals surface area contributed by atoms with Crippen molar-refractivity contribution in [3.63, 3.8) is 0 Å². The van der Waals surface area contributed by atoms with Gasteiger partial charge in [-0.1, -0.05) is 36.4 Å². The van der Waals surface area contributed by atoms with Crippen molar-refractivity contribution in [3.8, 4) is 5.75 Å². The van der Waals surface area contributed by atoms with Crippen molar-refractivity contribution >= 4 is 11.6 Å². The van der Waals surface area contributed by atoms with Gasteiger partial charge < -0.3 is 15.4 Å². The molecule has 120 valence electrons. The Morgan fingerprint density at radius 3 is 2.83 bits per heavy atom. The summed E-state index contributed by atoms with van der Waals surface area (Å²) in [6, 6.07) is 16.1. The SMILES string of the molecule is COc1ccccc1NCC(=O)N[C@@H]1CCCc2ccccc21. The third kappa shape index (κ3) is 3.65. The highest BCUT2D eigenvalue weighted by atomic mass is 16.5. The average molecular weight is 310 g/mol. The molecular weight excluding hydrogens is 288 g/mol. The van der Waals surface area contributed by atoms with Crippen LogP contribution in [0.2, 0.25) is 0 Å². The van der Waals surface area contributed by atoms with Crippen molar-refractivity contribution in [1.29, 1.82) is 0 Å². The van der Waals surface area contributed by atoms with Crippen LogP contribution in [0.5, 0.6) is 5.75 Å². The first-order chi connectivity index (χ1) is 11.3. The smallest absolute Gasteiger partial charge is 0.239 e. The van der Waals surface area contributed by atoms with Crippen molar-refractivity contribution in [2.75, 3.05) is 19.0 Å². The number of aryl methyl sites for hydroxylation is 1. The summed E-state index contributed by atoms with van der Waals surface area (Å²) >= 11 is 0. The number of methoxy groups -OCH3 is 1. The predicted octanol–water partition coefficient (Wildman–Crippen LogP) is 3.30. The number of hydrogen-bond acceptors (Lipinski definition) is 3. The Morgan fingerprint density at radius 2 is 1.96 bits per heavy atom. The van der Waals surface area contributed by atoms with E-state index in [1.54, 1.807) is 7.11 Å². The first-order valence-corrected chi connectivity index (χ1v) is 8.02. The minimum Gasteiger partial charge on any atom is -0.495 e. The lowest BCUT2D eigenvalue weighted by Crippen LogP contribution is -2.35. The summed E-state index contributed by atoms with van der Waals surface area (Å²) in [4.78, 5) is 12.3. The van der Waals surface area contributed by atoms with Crippen LogP contribution >= 0.6 is 0 Å². The van der Waals surface area contributed by atoms with Crippen LogP contribution in [0.4, 0.5) is 5.69 Å². The van der Waals surface area contributed by atoms with E-state index in [0.717, 1.165) is 30.7 Å². The van der Waals surface area contributed by atoms with Crippen LogP contribution in [-0.4, -0.2) is 19.6 Å². The zero-order chi connectivity index (χ0) is 16.1. The summed E-state index contributed by atoms with van der Waals surface area (Å²) in [7, 11) is 1.62. The van der Waals surface area contributed by atoms with Gasteiger partial charge in [-0.05, 0) is 42.5 Å². The van der Waals surface area contributed by atoms with Gasteiger partial charge in [-0.25, -0.2) is 0 Å². The van der Waals surface area contributed by atoms with Crippen LogP contribution < -0.4 is 15.4 Å². The van der Waals surface area contributed by atoms with E-state index in [-0.39, 0.29) is 18.5 Å². The molecule has 23 heavy (non-hydrogen) atoms. The molecule has 0 bridgehead atoms. The molecule has 0 unspecified atom stereocenters. The van der Waals surface area contributed by atoms with Crippen molar-refractivity contribution in [2.45, 2.75) is 25.3 Å². The number of carbonyl (C=O) groups is 1. The van der Waals surface area contributed by atoms with Crippen LogP contribution in [-0.2, 0) is 11.2 Å². The van der Waals surface area contributed by atoms with Gasteiger partial charge in [-0.2, -0.15) is 0 Å². The molecule has 2 N–H and O–H groups in total. The number of hydrogen-bond donors (Lipinski definition) is 2. The Morgan fingerprint density at radius 1 is 1.17 bits per heavy atom. The number of benzene rings is 2. The summed E-state index contributed by atoms with van der Waals surface area (Å²) < 4.78 is 5.28. The molecule has 0 heterocycles. The second kappa shape index (κ2) is 7.18. The van der Waals surface area contributed by atoms with E-state index in [9.17, 15) is 4.79 Å². The van der Waals surface area contributed by atoms with Gasteiger partial charge in [0, 0.05) is 0 Å². The molecule has 0 radical (unpaired) electrons. The number of anilines is 1. The summed E-state index contributed by atoms with van der Waals surface area (Å²) in [5.74, 6) is 0.737. The van der Waals surface area contributed by atoms with Gasteiger partial charge in [0.2, 0.25) is 5.91 Å². The lowest BCUT2D eigenvalue weighted by Gasteiger charge is -2.26. The number of amides is 1. The van der Waals surface area contributed by atoms with Crippen molar-refractivity contribution in [1.82, 2.24) is 5.32 Å². The normalized spacial score (nSPS) is 16.3. The molecule has 0 fully saturated rings. The Labute approximate surface area is 136 Å². The van der Waals surface area contributed by atoms with Crippen LogP contribution in [0.25, 0.3) is 0 Å². The lowest BCUT2D eigenvalue weighted by molar-refractivity contribution is -0.120. The summed E-state index contributed by atoms with van der Waals surface area (Å²) in [6.07, 6.45) is 3.21. The Hall–Kier alpha value is -2.49. The maximum absolute atomic E-state index is 12.3. The number of para-hydroxylation sites is 2. The molecule has 4 nitrogen and oxygen atoms in total. The molecular formula is C19H22N2O2. The second-order valence-electron chi connectivity index (χ2n) is 5.76. The third-order valence-corrected chi connectivity index (χ3v) is 4.25. The predicted molar refractivity (Wildman–Crippen MR) is 91.7 cm³/mol. The van der Waals surface area contributed by atoms with E-state index in [1.165, 1.54) is 11.1 Å². The Balaban J connectivity index is 1.60. The van der Waals surface area contributed by atoms with Gasteiger partial charge in [0.15, 0.2) is 0 Å². The maximum Gasteiger partial charge on any atom is 0.239 e. The molecule has 0 aliphatic heterocycles. The van der Waals surface area contributed by atoms with Crippen LogP contribution in [0, 0.1) is 0 Å². The lowest BCUT2D eigenvalue weighted by atomic mass is 9.88. The molecule has 0 aromatic heterocycles. The largest absolute Gasteiger partial charge is 0.495 e. The number of ether oxygens (including phenoxy) is 1. The van der Waals surface area contributed by atoms with E-state index in [2.05, 4.69) is 28.8 Å². The molecule has 0 saturated heterocycles. The van der Waals surface area contributed by atoms with E-state index in [4.69, 9.17) is 4.74 Å². The summed E-state index contributed by atoms with van der Waals surface area (Å²) in [5, 5.41) is 6.28. The van der Waals surface area contributed by atoms with Gasteiger partial charge in [0.25, 0.3) is 0 Å². The quantitative estimate of drug-likeness (QED) is 0.891. The number of fused-ring (bicyclic) bond motifs is 1. The van der Waals surface area contributed by atoms with Crippen molar-refractivity contribution in [2.24, 2.45) is 0 Å². The van der Waals surface area contributed by atoms with Gasteiger partial charge in [-0.15, -0.1) is 0 Å². The highest BCUT2D eigenvalue weighted by Crippen LogP contribution is 2.29. The van der Waals surface area contributed by atoms with Crippen LogP contribution in [0.15, 0.2) is 48.5 Å². The molecule has 0 saturated carbocycles. The molecule has 1 amide bonds. The number of rotatable bonds is 5. The average Bonchev–Trinajstić information content (AvgIpc) is 2.60. The monoisotopic (exact) mass is 310 g/mol. The van der Waals surface area contributed by atoms with E-state index in [0.29, 0.717) is 0 Å². The fourth-order valence-electron chi connectivity index (χ4n) is 3.12. The van der Waals surface area contributed by atoms with E-state index < -0.39 is 0 Å². The standard InChI is InChI=1S/C19H22N2O2/c1-23-18-12-5-4-10-17(18)20-13-19(22)21-16-11-6-8-14-7-2-3-9-15(14)16/h2-5,7,9-10,12,16,20H,6,8,11,13H2,1H3,(H,21,22)/t16-/m1/s1. The minimum atomic E-state index is -0.00221. The zero-order valence-corrected chi connectivity index (χ0v) is 13.3. The number of nitrogens with one attached hydrogen (secondary N) is 2. The molecule has 1 atom stereocenters.